The van der Waals surface area contributed by atoms with Crippen LogP contribution in [-0.4, -0.2) is 23.5 Å². The Bertz CT molecular complexity index is 682. The third-order valence-electron chi connectivity index (χ3n) is 6.38. The molecule has 1 aromatic rings. The van der Waals surface area contributed by atoms with E-state index in [0.717, 1.165) is 29.1 Å². The van der Waals surface area contributed by atoms with Crippen LogP contribution in [0.3, 0.4) is 0 Å². The largest absolute Gasteiger partial charge is 0.378 e. The van der Waals surface area contributed by atoms with Crippen LogP contribution in [0.15, 0.2) is 24.3 Å². The topological polar surface area (TPSA) is 96.2 Å². The van der Waals surface area contributed by atoms with Gasteiger partial charge in [-0.05, 0) is 75.3 Å². The molecule has 26 heavy (non-hydrogen) atoms. The molecular formula is C20H28N4O2. The van der Waals surface area contributed by atoms with Gasteiger partial charge in [-0.3, -0.25) is 4.79 Å². The smallest absolute Gasteiger partial charge is 0.312 e. The predicted octanol–water partition coefficient (Wildman–Crippen LogP) is 3.06. The summed E-state index contributed by atoms with van der Waals surface area (Å²) in [6.07, 6.45) is 7.91. The average Bonchev–Trinajstić information content (AvgIpc) is 2.54. The molecule has 5 N–H and O–H groups in total. The number of benzene rings is 1. The Morgan fingerprint density at radius 3 is 2.12 bits per heavy atom. The monoisotopic (exact) mass is 356 g/mol. The molecule has 140 valence electrons. The molecule has 6 nitrogen and oxygen atoms in total. The van der Waals surface area contributed by atoms with Crippen LogP contribution in [-0.2, 0) is 4.79 Å². The van der Waals surface area contributed by atoms with Crippen LogP contribution in [0.5, 0.6) is 0 Å². The van der Waals surface area contributed by atoms with Gasteiger partial charge in [-0.2, -0.15) is 0 Å². The van der Waals surface area contributed by atoms with Crippen LogP contribution in [0.4, 0.5) is 16.2 Å². The SMILES string of the molecule is C[C@H](NC(N)=O)C(=O)Nc1ccccc1NC12CC3CC(CC(C3)C1)C2. The molecule has 0 heterocycles. The number of nitrogens with one attached hydrogen (secondary N) is 3. The minimum Gasteiger partial charge on any atom is -0.378 e. The maximum Gasteiger partial charge on any atom is 0.312 e. The maximum atomic E-state index is 12.4. The lowest BCUT2D eigenvalue weighted by molar-refractivity contribution is -0.117. The highest BCUT2D eigenvalue weighted by molar-refractivity contribution is 5.99. The molecule has 4 saturated carbocycles. The van der Waals surface area contributed by atoms with E-state index in [9.17, 15) is 9.59 Å². The Labute approximate surface area is 154 Å². The molecule has 0 aliphatic heterocycles. The lowest BCUT2D eigenvalue weighted by Crippen LogP contribution is -2.54. The van der Waals surface area contributed by atoms with Crippen molar-refractivity contribution in [1.29, 1.82) is 0 Å². The fraction of sp³-hybridized carbons (Fsp3) is 0.600. The number of hydrogen-bond donors (Lipinski definition) is 4. The molecule has 0 spiro atoms. The van der Waals surface area contributed by atoms with E-state index in [4.69, 9.17) is 5.73 Å². The third-order valence-corrected chi connectivity index (χ3v) is 6.38. The number of amides is 3. The summed E-state index contributed by atoms with van der Waals surface area (Å²) in [6.45, 7) is 1.62. The summed E-state index contributed by atoms with van der Waals surface area (Å²) in [5.74, 6) is 2.30. The molecule has 4 bridgehead atoms. The van der Waals surface area contributed by atoms with Gasteiger partial charge in [-0.15, -0.1) is 0 Å². The standard InChI is InChI=1S/C20H28N4O2/c1-12(22-19(21)26)18(25)23-16-4-2-3-5-17(16)24-20-9-13-6-14(10-20)8-15(7-13)11-20/h2-5,12-15,24H,6-11H2,1H3,(H,23,25)(H3,21,22,26)/t12-,13?,14?,15?,20?/m0/s1. The van der Waals surface area contributed by atoms with Gasteiger partial charge in [0.2, 0.25) is 5.91 Å². The van der Waals surface area contributed by atoms with Gasteiger partial charge in [0, 0.05) is 5.54 Å². The van der Waals surface area contributed by atoms with E-state index >= 15 is 0 Å². The quantitative estimate of drug-likeness (QED) is 0.653. The average molecular weight is 356 g/mol. The summed E-state index contributed by atoms with van der Waals surface area (Å²) in [7, 11) is 0. The van der Waals surface area contributed by atoms with Crippen LogP contribution in [0, 0.1) is 17.8 Å². The van der Waals surface area contributed by atoms with Gasteiger partial charge in [0.15, 0.2) is 0 Å². The highest BCUT2D eigenvalue weighted by Gasteiger charge is 2.51. The lowest BCUT2D eigenvalue weighted by Gasteiger charge is -2.57. The summed E-state index contributed by atoms with van der Waals surface area (Å²) in [6, 6.07) is 6.45. The van der Waals surface area contributed by atoms with Gasteiger partial charge >= 0.3 is 6.03 Å². The number of nitrogens with two attached hydrogens (primary N) is 1. The van der Waals surface area contributed by atoms with E-state index in [1.807, 2.05) is 24.3 Å². The molecule has 1 atom stereocenters. The van der Waals surface area contributed by atoms with Gasteiger partial charge in [0.05, 0.1) is 11.4 Å². The van der Waals surface area contributed by atoms with E-state index in [-0.39, 0.29) is 11.4 Å². The van der Waals surface area contributed by atoms with Crippen molar-refractivity contribution in [2.75, 3.05) is 10.6 Å². The van der Waals surface area contributed by atoms with Crippen molar-refractivity contribution in [2.45, 2.75) is 57.0 Å². The van der Waals surface area contributed by atoms with Crippen molar-refractivity contribution < 1.29 is 9.59 Å². The molecule has 0 unspecified atom stereocenters. The Kier molecular flexibility index (Phi) is 4.29. The lowest BCUT2D eigenvalue weighted by atomic mass is 9.53. The summed E-state index contributed by atoms with van der Waals surface area (Å²) in [4.78, 5) is 23.3. The van der Waals surface area contributed by atoms with E-state index in [0.29, 0.717) is 0 Å². The normalized spacial score (nSPS) is 32.7. The first kappa shape index (κ1) is 17.2. The first-order chi connectivity index (χ1) is 12.4. The number of urea groups is 1. The van der Waals surface area contributed by atoms with Gasteiger partial charge in [0.1, 0.15) is 6.04 Å². The first-order valence-corrected chi connectivity index (χ1v) is 9.66. The zero-order valence-electron chi connectivity index (χ0n) is 15.3. The molecule has 5 rings (SSSR count). The molecule has 0 radical (unpaired) electrons. The van der Waals surface area contributed by atoms with Crippen molar-refractivity contribution in [3.8, 4) is 0 Å². The predicted molar refractivity (Wildman–Crippen MR) is 102 cm³/mol. The van der Waals surface area contributed by atoms with E-state index < -0.39 is 12.1 Å². The van der Waals surface area contributed by atoms with Crippen molar-refractivity contribution >= 4 is 23.3 Å². The van der Waals surface area contributed by atoms with Gasteiger partial charge < -0.3 is 21.7 Å². The second kappa shape index (κ2) is 6.49. The molecule has 4 fully saturated rings. The molecule has 0 saturated heterocycles. The molecule has 4 aliphatic carbocycles. The number of primary amides is 1. The van der Waals surface area contributed by atoms with Crippen LogP contribution >= 0.6 is 0 Å². The van der Waals surface area contributed by atoms with E-state index in [1.54, 1.807) is 6.92 Å². The van der Waals surface area contributed by atoms with Gasteiger partial charge in [0.25, 0.3) is 0 Å². The van der Waals surface area contributed by atoms with Crippen LogP contribution in [0.25, 0.3) is 0 Å². The maximum absolute atomic E-state index is 12.4. The second-order valence-electron chi connectivity index (χ2n) is 8.59. The molecule has 0 aromatic heterocycles. The van der Waals surface area contributed by atoms with Crippen molar-refractivity contribution in [3.05, 3.63) is 24.3 Å². The summed E-state index contributed by atoms with van der Waals surface area (Å²) in [5, 5.41) is 9.16. The van der Waals surface area contributed by atoms with Crippen LogP contribution in [0.2, 0.25) is 0 Å². The van der Waals surface area contributed by atoms with E-state index in [1.165, 1.54) is 38.5 Å². The minimum atomic E-state index is -0.701. The Balaban J connectivity index is 1.50. The van der Waals surface area contributed by atoms with Crippen LogP contribution in [0.1, 0.15) is 45.4 Å². The number of anilines is 2. The highest BCUT2D eigenvalue weighted by atomic mass is 16.2. The zero-order chi connectivity index (χ0) is 18.3. The zero-order valence-corrected chi connectivity index (χ0v) is 15.3. The van der Waals surface area contributed by atoms with Gasteiger partial charge in [-0.1, -0.05) is 12.1 Å². The van der Waals surface area contributed by atoms with Crippen molar-refractivity contribution in [1.82, 2.24) is 5.32 Å². The Hall–Kier alpha value is -2.24. The number of rotatable bonds is 5. The Morgan fingerprint density at radius 1 is 1.04 bits per heavy atom. The molecule has 3 amide bonds. The fourth-order valence-electron chi connectivity index (χ4n) is 5.77. The molecule has 1 aromatic carbocycles. The summed E-state index contributed by atoms with van der Waals surface area (Å²) in [5.41, 5.74) is 7.00. The Morgan fingerprint density at radius 2 is 1.58 bits per heavy atom. The van der Waals surface area contributed by atoms with Gasteiger partial charge in [-0.25, -0.2) is 4.79 Å². The summed E-state index contributed by atoms with van der Waals surface area (Å²) < 4.78 is 0. The first-order valence-electron chi connectivity index (χ1n) is 9.66. The number of carbonyl (C=O) groups excluding carboxylic acids is 2. The van der Waals surface area contributed by atoms with E-state index in [2.05, 4.69) is 16.0 Å². The van der Waals surface area contributed by atoms with Crippen LogP contribution < -0.4 is 21.7 Å². The fourth-order valence-corrected chi connectivity index (χ4v) is 5.77. The second-order valence-corrected chi connectivity index (χ2v) is 8.59. The third kappa shape index (κ3) is 3.37. The number of para-hydroxylation sites is 2. The molecular weight excluding hydrogens is 328 g/mol. The number of carbonyl (C=O) groups is 2. The van der Waals surface area contributed by atoms with Crippen molar-refractivity contribution in [2.24, 2.45) is 23.5 Å². The van der Waals surface area contributed by atoms with Crippen molar-refractivity contribution in [3.63, 3.8) is 0 Å². The molecule has 6 heteroatoms. The number of hydrogen-bond acceptors (Lipinski definition) is 3. The summed E-state index contributed by atoms with van der Waals surface area (Å²) >= 11 is 0. The highest BCUT2D eigenvalue weighted by Crippen LogP contribution is 2.56. The minimum absolute atomic E-state index is 0.173. The molecule has 4 aliphatic rings.